The SMILES string of the molecule is Cc1ccc(NC2CN(CC(C)(C)F)C2)nc1. The summed E-state index contributed by atoms with van der Waals surface area (Å²) in [6.07, 6.45) is 1.85. The second kappa shape index (κ2) is 4.61. The van der Waals surface area contributed by atoms with Crippen molar-refractivity contribution in [2.75, 3.05) is 25.0 Å². The lowest BCUT2D eigenvalue weighted by Gasteiger charge is -2.41. The van der Waals surface area contributed by atoms with Gasteiger partial charge in [-0.05, 0) is 32.4 Å². The number of hydrogen-bond donors (Lipinski definition) is 1. The standard InChI is InChI=1S/C13H20FN3/c1-10-4-5-12(15-6-10)16-11-7-17(8-11)9-13(2,3)14/h4-6,11H,7-9H2,1-3H3,(H,15,16). The summed E-state index contributed by atoms with van der Waals surface area (Å²) in [5, 5.41) is 3.35. The molecule has 1 aromatic rings. The molecule has 0 bridgehead atoms. The maximum Gasteiger partial charge on any atom is 0.126 e. The minimum absolute atomic E-state index is 0.396. The van der Waals surface area contributed by atoms with Crippen LogP contribution in [0.5, 0.6) is 0 Å². The van der Waals surface area contributed by atoms with Crippen LogP contribution in [0.3, 0.4) is 0 Å². The number of alkyl halides is 1. The molecule has 1 aliphatic rings. The summed E-state index contributed by atoms with van der Waals surface area (Å²) in [7, 11) is 0. The molecule has 0 aromatic carbocycles. The predicted molar refractivity (Wildman–Crippen MR) is 68.0 cm³/mol. The van der Waals surface area contributed by atoms with Crippen molar-refractivity contribution in [1.82, 2.24) is 9.88 Å². The van der Waals surface area contributed by atoms with Crippen LogP contribution in [0.2, 0.25) is 0 Å². The molecule has 1 aliphatic heterocycles. The summed E-state index contributed by atoms with van der Waals surface area (Å²) < 4.78 is 13.4. The van der Waals surface area contributed by atoms with E-state index < -0.39 is 5.67 Å². The predicted octanol–water partition coefficient (Wildman–Crippen LogP) is 2.23. The Hall–Kier alpha value is -1.16. The Labute approximate surface area is 102 Å². The lowest BCUT2D eigenvalue weighted by atomic mass is 10.0. The van der Waals surface area contributed by atoms with E-state index in [1.165, 1.54) is 0 Å². The van der Waals surface area contributed by atoms with Crippen molar-refractivity contribution in [1.29, 1.82) is 0 Å². The number of aryl methyl sites for hydroxylation is 1. The molecule has 1 fully saturated rings. The molecule has 1 saturated heterocycles. The third-order valence-corrected chi connectivity index (χ3v) is 2.82. The highest BCUT2D eigenvalue weighted by atomic mass is 19.1. The van der Waals surface area contributed by atoms with Crippen LogP contribution in [0, 0.1) is 6.92 Å². The second-order valence-electron chi connectivity index (χ2n) is 5.47. The second-order valence-corrected chi connectivity index (χ2v) is 5.47. The number of halogens is 1. The van der Waals surface area contributed by atoms with Gasteiger partial charge in [-0.25, -0.2) is 9.37 Å². The van der Waals surface area contributed by atoms with E-state index in [4.69, 9.17) is 0 Å². The van der Waals surface area contributed by atoms with Crippen molar-refractivity contribution in [3.63, 3.8) is 0 Å². The maximum absolute atomic E-state index is 13.4. The van der Waals surface area contributed by atoms with Gasteiger partial charge in [-0.2, -0.15) is 0 Å². The van der Waals surface area contributed by atoms with Gasteiger partial charge < -0.3 is 5.32 Å². The van der Waals surface area contributed by atoms with Crippen LogP contribution in [-0.4, -0.2) is 41.2 Å². The van der Waals surface area contributed by atoms with Crippen molar-refractivity contribution >= 4 is 5.82 Å². The van der Waals surface area contributed by atoms with Crippen LogP contribution in [0.15, 0.2) is 18.3 Å². The zero-order valence-electron chi connectivity index (χ0n) is 10.7. The molecule has 0 aliphatic carbocycles. The minimum atomic E-state index is -1.10. The van der Waals surface area contributed by atoms with E-state index in [0.717, 1.165) is 24.5 Å². The van der Waals surface area contributed by atoms with E-state index in [9.17, 15) is 4.39 Å². The molecular formula is C13H20FN3. The van der Waals surface area contributed by atoms with Crippen LogP contribution in [0.1, 0.15) is 19.4 Å². The Bertz CT molecular complexity index is 363. The van der Waals surface area contributed by atoms with E-state index in [0.29, 0.717) is 12.6 Å². The van der Waals surface area contributed by atoms with E-state index >= 15 is 0 Å². The number of hydrogen-bond acceptors (Lipinski definition) is 3. The summed E-state index contributed by atoms with van der Waals surface area (Å²) >= 11 is 0. The number of rotatable bonds is 4. The Balaban J connectivity index is 1.76. The lowest BCUT2D eigenvalue weighted by Crippen LogP contribution is -2.57. The number of nitrogens with one attached hydrogen (secondary N) is 1. The quantitative estimate of drug-likeness (QED) is 0.870. The fourth-order valence-electron chi connectivity index (χ4n) is 2.08. The molecular weight excluding hydrogens is 217 g/mol. The van der Waals surface area contributed by atoms with Gasteiger partial charge >= 0.3 is 0 Å². The summed E-state index contributed by atoms with van der Waals surface area (Å²) in [6, 6.07) is 4.42. The van der Waals surface area contributed by atoms with Crippen LogP contribution < -0.4 is 5.32 Å². The van der Waals surface area contributed by atoms with E-state index in [1.54, 1.807) is 13.8 Å². The van der Waals surface area contributed by atoms with Gasteiger partial charge in [0.2, 0.25) is 0 Å². The molecule has 0 atom stereocenters. The monoisotopic (exact) mass is 237 g/mol. The van der Waals surface area contributed by atoms with Crippen LogP contribution in [0.4, 0.5) is 10.2 Å². The van der Waals surface area contributed by atoms with E-state index in [-0.39, 0.29) is 0 Å². The summed E-state index contributed by atoms with van der Waals surface area (Å²) in [5.41, 5.74) is 0.0533. The minimum Gasteiger partial charge on any atom is -0.365 e. The van der Waals surface area contributed by atoms with Crippen molar-refractivity contribution in [3.8, 4) is 0 Å². The summed E-state index contributed by atoms with van der Waals surface area (Å²) in [4.78, 5) is 6.41. The number of likely N-dealkylation sites (tertiary alicyclic amines) is 1. The van der Waals surface area contributed by atoms with Gasteiger partial charge in [0, 0.05) is 25.8 Å². The topological polar surface area (TPSA) is 28.2 Å². The first-order valence-electron chi connectivity index (χ1n) is 6.03. The van der Waals surface area contributed by atoms with Gasteiger partial charge in [-0.15, -0.1) is 0 Å². The highest BCUT2D eigenvalue weighted by molar-refractivity contribution is 5.37. The third kappa shape index (κ3) is 3.66. The molecule has 1 N–H and O–H groups in total. The summed E-state index contributed by atoms with van der Waals surface area (Å²) in [5.74, 6) is 0.903. The molecule has 0 amide bonds. The van der Waals surface area contributed by atoms with Crippen molar-refractivity contribution in [2.45, 2.75) is 32.5 Å². The van der Waals surface area contributed by atoms with E-state index in [1.807, 2.05) is 25.3 Å². The molecule has 1 aromatic heterocycles. The average molecular weight is 237 g/mol. The molecule has 0 spiro atoms. The first-order valence-corrected chi connectivity index (χ1v) is 6.03. The zero-order chi connectivity index (χ0) is 12.5. The zero-order valence-corrected chi connectivity index (χ0v) is 10.7. The molecule has 4 heteroatoms. The fourth-order valence-corrected chi connectivity index (χ4v) is 2.08. The average Bonchev–Trinajstić information content (AvgIpc) is 2.16. The van der Waals surface area contributed by atoms with Crippen LogP contribution >= 0.6 is 0 Å². The van der Waals surface area contributed by atoms with Gasteiger partial charge in [0.25, 0.3) is 0 Å². The van der Waals surface area contributed by atoms with Crippen molar-refractivity contribution < 1.29 is 4.39 Å². The van der Waals surface area contributed by atoms with Gasteiger partial charge in [-0.3, -0.25) is 4.90 Å². The maximum atomic E-state index is 13.4. The summed E-state index contributed by atoms with van der Waals surface area (Å²) in [6.45, 7) is 7.55. The number of pyridine rings is 1. The van der Waals surface area contributed by atoms with Crippen LogP contribution in [-0.2, 0) is 0 Å². The Morgan fingerprint density at radius 1 is 1.47 bits per heavy atom. The molecule has 0 saturated carbocycles. The molecule has 3 nitrogen and oxygen atoms in total. The number of aromatic nitrogens is 1. The van der Waals surface area contributed by atoms with Crippen molar-refractivity contribution in [2.24, 2.45) is 0 Å². The fraction of sp³-hybridized carbons (Fsp3) is 0.615. The molecule has 94 valence electrons. The smallest absolute Gasteiger partial charge is 0.126 e. The normalized spacial score (nSPS) is 17.9. The molecule has 0 unspecified atom stereocenters. The number of anilines is 1. The molecule has 17 heavy (non-hydrogen) atoms. The Kier molecular flexibility index (Phi) is 3.33. The van der Waals surface area contributed by atoms with Gasteiger partial charge in [0.05, 0.1) is 6.04 Å². The van der Waals surface area contributed by atoms with Crippen molar-refractivity contribution in [3.05, 3.63) is 23.9 Å². The van der Waals surface area contributed by atoms with Gasteiger partial charge in [-0.1, -0.05) is 6.07 Å². The first-order chi connectivity index (χ1) is 7.92. The third-order valence-electron chi connectivity index (χ3n) is 2.82. The molecule has 2 rings (SSSR count). The first kappa shape index (κ1) is 12.3. The van der Waals surface area contributed by atoms with E-state index in [2.05, 4.69) is 15.2 Å². The lowest BCUT2D eigenvalue weighted by molar-refractivity contribution is 0.0751. The molecule has 0 radical (unpaired) electrons. The van der Waals surface area contributed by atoms with Gasteiger partial charge in [0.15, 0.2) is 0 Å². The highest BCUT2D eigenvalue weighted by Crippen LogP contribution is 2.18. The Morgan fingerprint density at radius 2 is 2.18 bits per heavy atom. The van der Waals surface area contributed by atoms with Crippen LogP contribution in [0.25, 0.3) is 0 Å². The van der Waals surface area contributed by atoms with Gasteiger partial charge in [0.1, 0.15) is 11.5 Å². The highest BCUT2D eigenvalue weighted by Gasteiger charge is 2.31. The molecule has 2 heterocycles. The largest absolute Gasteiger partial charge is 0.365 e. The Morgan fingerprint density at radius 3 is 2.71 bits per heavy atom. The number of nitrogens with zero attached hydrogens (tertiary/aromatic N) is 2.